The number of aromatic nitrogens is 1. The number of rotatable bonds is 6. The molecule has 1 amide bonds. The number of methoxy groups -OCH3 is 1. The summed E-state index contributed by atoms with van der Waals surface area (Å²) in [5.74, 6) is 0.415. The van der Waals surface area contributed by atoms with E-state index in [-0.39, 0.29) is 5.91 Å². The number of nitrogens with zero attached hydrogens (tertiary/aromatic N) is 1. The van der Waals surface area contributed by atoms with Gasteiger partial charge in [-0.2, -0.15) is 0 Å². The SMILES string of the molecule is COCCC(N)C(=O)Nc1nc(C2CC2)cs1. The zero-order valence-electron chi connectivity index (χ0n) is 9.81. The van der Waals surface area contributed by atoms with E-state index >= 15 is 0 Å². The standard InChI is InChI=1S/C11H17N3O2S/c1-16-5-4-8(12)10(15)14-11-13-9(6-17-11)7-2-3-7/h6-8H,2-5,12H2,1H3,(H,13,14,15). The van der Waals surface area contributed by atoms with E-state index in [0.717, 1.165) is 5.69 Å². The first kappa shape index (κ1) is 12.5. The van der Waals surface area contributed by atoms with Crippen LogP contribution in [0.1, 0.15) is 30.9 Å². The molecule has 5 nitrogen and oxygen atoms in total. The van der Waals surface area contributed by atoms with Crippen molar-refractivity contribution in [2.45, 2.75) is 31.2 Å². The van der Waals surface area contributed by atoms with Crippen LogP contribution in [0.3, 0.4) is 0 Å². The van der Waals surface area contributed by atoms with Crippen LogP contribution in [0.2, 0.25) is 0 Å². The molecule has 1 aromatic rings. The number of hydrogen-bond donors (Lipinski definition) is 2. The molecule has 1 heterocycles. The minimum absolute atomic E-state index is 0.196. The van der Waals surface area contributed by atoms with Gasteiger partial charge in [0, 0.05) is 25.0 Å². The largest absolute Gasteiger partial charge is 0.385 e. The summed E-state index contributed by atoms with van der Waals surface area (Å²) in [5.41, 5.74) is 6.81. The number of hydrogen-bond acceptors (Lipinski definition) is 5. The van der Waals surface area contributed by atoms with E-state index in [4.69, 9.17) is 10.5 Å². The number of ether oxygens (including phenoxy) is 1. The van der Waals surface area contributed by atoms with Crippen LogP contribution in [0.5, 0.6) is 0 Å². The van der Waals surface area contributed by atoms with Gasteiger partial charge in [-0.3, -0.25) is 4.79 Å². The second kappa shape index (κ2) is 5.57. The van der Waals surface area contributed by atoms with Crippen molar-refractivity contribution in [1.82, 2.24) is 4.98 Å². The van der Waals surface area contributed by atoms with Gasteiger partial charge in [-0.25, -0.2) is 4.98 Å². The molecule has 1 atom stereocenters. The first-order chi connectivity index (χ1) is 8.20. The predicted molar refractivity (Wildman–Crippen MR) is 67.2 cm³/mol. The molecule has 0 spiro atoms. The lowest BCUT2D eigenvalue weighted by Crippen LogP contribution is -2.36. The summed E-state index contributed by atoms with van der Waals surface area (Å²) in [6.45, 7) is 0.486. The minimum Gasteiger partial charge on any atom is -0.385 e. The molecule has 1 aliphatic carbocycles. The molecule has 94 valence electrons. The number of carbonyl (C=O) groups is 1. The summed E-state index contributed by atoms with van der Waals surface area (Å²) in [6, 6.07) is -0.539. The quantitative estimate of drug-likeness (QED) is 0.803. The van der Waals surface area contributed by atoms with Gasteiger partial charge in [0.2, 0.25) is 5.91 Å². The van der Waals surface area contributed by atoms with E-state index in [0.29, 0.717) is 24.1 Å². The molecule has 1 unspecified atom stereocenters. The third kappa shape index (κ3) is 3.49. The van der Waals surface area contributed by atoms with Crippen LogP contribution < -0.4 is 11.1 Å². The lowest BCUT2D eigenvalue weighted by Gasteiger charge is -2.09. The molecule has 0 saturated heterocycles. The Labute approximate surface area is 104 Å². The Balaban J connectivity index is 1.83. The highest BCUT2D eigenvalue weighted by molar-refractivity contribution is 7.13. The first-order valence-corrected chi connectivity index (χ1v) is 6.59. The van der Waals surface area contributed by atoms with Gasteiger partial charge >= 0.3 is 0 Å². The van der Waals surface area contributed by atoms with Crippen LogP contribution in [0, 0.1) is 0 Å². The van der Waals surface area contributed by atoms with Crippen molar-refractivity contribution < 1.29 is 9.53 Å². The fraction of sp³-hybridized carbons (Fsp3) is 0.636. The third-order valence-electron chi connectivity index (χ3n) is 2.72. The molecule has 3 N–H and O–H groups in total. The summed E-state index contributed by atoms with van der Waals surface area (Å²) in [4.78, 5) is 16.1. The Bertz CT molecular complexity index is 390. The summed E-state index contributed by atoms with van der Waals surface area (Å²) < 4.78 is 4.88. The predicted octanol–water partition coefficient (Wildman–Crippen LogP) is 1.32. The number of anilines is 1. The van der Waals surface area contributed by atoms with Crippen molar-refractivity contribution in [2.24, 2.45) is 5.73 Å². The molecule has 1 aromatic heterocycles. The van der Waals surface area contributed by atoms with Gasteiger partial charge in [0.25, 0.3) is 0 Å². The van der Waals surface area contributed by atoms with Crippen LogP contribution >= 0.6 is 11.3 Å². The van der Waals surface area contributed by atoms with E-state index in [1.807, 2.05) is 5.38 Å². The van der Waals surface area contributed by atoms with Crippen LogP contribution in [0.25, 0.3) is 0 Å². The molecule has 0 aromatic carbocycles. The average Bonchev–Trinajstić information content (AvgIpc) is 3.07. The lowest BCUT2D eigenvalue weighted by atomic mass is 10.2. The van der Waals surface area contributed by atoms with E-state index in [1.165, 1.54) is 24.2 Å². The monoisotopic (exact) mass is 255 g/mol. The molecular formula is C11H17N3O2S. The van der Waals surface area contributed by atoms with Crippen molar-refractivity contribution in [3.8, 4) is 0 Å². The Morgan fingerprint density at radius 1 is 1.76 bits per heavy atom. The molecule has 0 aliphatic heterocycles. The topological polar surface area (TPSA) is 77.2 Å². The maximum atomic E-state index is 11.7. The number of amides is 1. The van der Waals surface area contributed by atoms with E-state index in [2.05, 4.69) is 10.3 Å². The van der Waals surface area contributed by atoms with Crippen molar-refractivity contribution in [2.75, 3.05) is 19.0 Å². The Morgan fingerprint density at radius 3 is 3.18 bits per heavy atom. The Kier molecular flexibility index (Phi) is 4.09. The minimum atomic E-state index is -0.539. The molecule has 0 radical (unpaired) electrons. The van der Waals surface area contributed by atoms with Gasteiger partial charge in [0.1, 0.15) is 0 Å². The third-order valence-corrected chi connectivity index (χ3v) is 3.49. The first-order valence-electron chi connectivity index (χ1n) is 5.71. The lowest BCUT2D eigenvalue weighted by molar-refractivity contribution is -0.117. The van der Waals surface area contributed by atoms with Crippen molar-refractivity contribution in [1.29, 1.82) is 0 Å². The van der Waals surface area contributed by atoms with Crippen LogP contribution in [0.4, 0.5) is 5.13 Å². The Morgan fingerprint density at radius 2 is 2.53 bits per heavy atom. The fourth-order valence-corrected chi connectivity index (χ4v) is 2.28. The van der Waals surface area contributed by atoms with Crippen molar-refractivity contribution in [3.05, 3.63) is 11.1 Å². The molecule has 2 rings (SSSR count). The van der Waals surface area contributed by atoms with Gasteiger partial charge in [-0.1, -0.05) is 0 Å². The van der Waals surface area contributed by atoms with E-state index < -0.39 is 6.04 Å². The van der Waals surface area contributed by atoms with Gasteiger partial charge in [-0.05, 0) is 19.3 Å². The van der Waals surface area contributed by atoms with Gasteiger partial charge < -0.3 is 15.8 Å². The molecule has 1 saturated carbocycles. The zero-order chi connectivity index (χ0) is 12.3. The molecule has 1 fully saturated rings. The number of thiazole rings is 1. The maximum Gasteiger partial charge on any atom is 0.243 e. The summed E-state index contributed by atoms with van der Waals surface area (Å²) in [5, 5.41) is 5.39. The van der Waals surface area contributed by atoms with Crippen LogP contribution in [-0.2, 0) is 9.53 Å². The molecule has 17 heavy (non-hydrogen) atoms. The second-order valence-electron chi connectivity index (χ2n) is 4.23. The molecular weight excluding hydrogens is 238 g/mol. The highest BCUT2D eigenvalue weighted by atomic mass is 32.1. The van der Waals surface area contributed by atoms with Crippen molar-refractivity contribution in [3.63, 3.8) is 0 Å². The number of nitrogens with two attached hydrogens (primary N) is 1. The summed E-state index contributed by atoms with van der Waals surface area (Å²) >= 11 is 1.46. The fourth-order valence-electron chi connectivity index (χ4n) is 1.48. The van der Waals surface area contributed by atoms with Gasteiger partial charge in [0.15, 0.2) is 5.13 Å². The van der Waals surface area contributed by atoms with Crippen LogP contribution in [0.15, 0.2) is 5.38 Å². The Hall–Kier alpha value is -0.980. The van der Waals surface area contributed by atoms with Crippen LogP contribution in [-0.4, -0.2) is 30.6 Å². The zero-order valence-corrected chi connectivity index (χ0v) is 10.6. The summed E-state index contributed by atoms with van der Waals surface area (Å²) in [7, 11) is 1.59. The highest BCUT2D eigenvalue weighted by Gasteiger charge is 2.26. The number of carbonyl (C=O) groups excluding carboxylic acids is 1. The smallest absolute Gasteiger partial charge is 0.243 e. The molecule has 6 heteroatoms. The van der Waals surface area contributed by atoms with Gasteiger partial charge in [-0.15, -0.1) is 11.3 Å². The molecule has 1 aliphatic rings. The van der Waals surface area contributed by atoms with E-state index in [1.54, 1.807) is 7.11 Å². The normalized spacial score (nSPS) is 16.8. The highest BCUT2D eigenvalue weighted by Crippen LogP contribution is 2.40. The number of nitrogens with one attached hydrogen (secondary N) is 1. The second-order valence-corrected chi connectivity index (χ2v) is 5.09. The van der Waals surface area contributed by atoms with Crippen molar-refractivity contribution >= 4 is 22.4 Å². The van der Waals surface area contributed by atoms with E-state index in [9.17, 15) is 4.79 Å². The summed E-state index contributed by atoms with van der Waals surface area (Å²) in [6.07, 6.45) is 2.94. The molecule has 0 bridgehead atoms. The maximum absolute atomic E-state index is 11.7. The average molecular weight is 255 g/mol. The van der Waals surface area contributed by atoms with Gasteiger partial charge in [0.05, 0.1) is 11.7 Å².